The molecule has 6 nitrogen and oxygen atoms in total. The van der Waals surface area contributed by atoms with Crippen molar-refractivity contribution in [1.29, 1.82) is 0 Å². The topological polar surface area (TPSA) is 74.3 Å². The van der Waals surface area contributed by atoms with Gasteiger partial charge in [-0.1, -0.05) is 28.1 Å². The van der Waals surface area contributed by atoms with Crippen molar-refractivity contribution in [2.24, 2.45) is 0 Å². The number of hydrogen-bond donors (Lipinski definition) is 2. The number of aryl methyl sites for hydroxylation is 2. The summed E-state index contributed by atoms with van der Waals surface area (Å²) in [6.45, 7) is 4.11. The molecular formula is C22H23BrN4O2S. The van der Waals surface area contributed by atoms with Gasteiger partial charge in [-0.2, -0.15) is 0 Å². The van der Waals surface area contributed by atoms with Gasteiger partial charge in [0.1, 0.15) is 0 Å². The monoisotopic (exact) mass is 486 g/mol. The van der Waals surface area contributed by atoms with Gasteiger partial charge in [-0.15, -0.1) is 11.3 Å². The van der Waals surface area contributed by atoms with Gasteiger partial charge < -0.3 is 10.6 Å². The first-order chi connectivity index (χ1) is 14.3. The predicted octanol–water partition coefficient (Wildman–Crippen LogP) is 4.70. The second-order valence-corrected chi connectivity index (χ2v) is 9.04. The number of carbonyl (C=O) groups excluding carboxylic acids is 2. The fourth-order valence-electron chi connectivity index (χ4n) is 2.96. The molecule has 30 heavy (non-hydrogen) atoms. The van der Waals surface area contributed by atoms with E-state index in [2.05, 4.69) is 31.5 Å². The molecule has 0 bridgehead atoms. The number of carbonyl (C=O) groups is 2. The van der Waals surface area contributed by atoms with E-state index in [1.807, 2.05) is 61.7 Å². The highest BCUT2D eigenvalue weighted by atomic mass is 79.9. The number of aromatic nitrogens is 1. The Labute approximate surface area is 188 Å². The van der Waals surface area contributed by atoms with Gasteiger partial charge in [0.25, 0.3) is 0 Å². The fourth-order valence-corrected chi connectivity index (χ4v) is 4.05. The van der Waals surface area contributed by atoms with Crippen LogP contribution in [-0.2, 0) is 9.59 Å². The summed E-state index contributed by atoms with van der Waals surface area (Å²) in [6.07, 6.45) is 0. The zero-order valence-corrected chi connectivity index (χ0v) is 19.4. The van der Waals surface area contributed by atoms with E-state index in [0.29, 0.717) is 5.69 Å². The summed E-state index contributed by atoms with van der Waals surface area (Å²) in [5.41, 5.74) is 4.27. The molecule has 2 N–H and O–H groups in total. The SMILES string of the molecule is Cc1nc(-c2cccc(NC(=O)CN(C)CC(=O)Nc3ccc(Br)cc3C)c2)cs1. The third kappa shape index (κ3) is 6.22. The van der Waals surface area contributed by atoms with Crippen LogP contribution in [0.2, 0.25) is 0 Å². The number of benzene rings is 2. The Morgan fingerprint density at radius 2 is 1.80 bits per heavy atom. The summed E-state index contributed by atoms with van der Waals surface area (Å²) in [4.78, 5) is 30.9. The minimum absolute atomic E-state index is 0.104. The summed E-state index contributed by atoms with van der Waals surface area (Å²) in [5.74, 6) is -0.353. The van der Waals surface area contributed by atoms with Crippen LogP contribution in [0, 0.1) is 13.8 Å². The van der Waals surface area contributed by atoms with E-state index in [1.54, 1.807) is 23.3 Å². The quantitative estimate of drug-likeness (QED) is 0.507. The molecule has 8 heteroatoms. The maximum Gasteiger partial charge on any atom is 0.238 e. The highest BCUT2D eigenvalue weighted by Crippen LogP contribution is 2.24. The molecule has 3 rings (SSSR count). The Bertz CT molecular complexity index is 1070. The number of likely N-dealkylation sites (N-methyl/N-ethyl adjacent to an activating group) is 1. The van der Waals surface area contributed by atoms with Gasteiger partial charge >= 0.3 is 0 Å². The van der Waals surface area contributed by atoms with Crippen molar-refractivity contribution < 1.29 is 9.59 Å². The summed E-state index contributed by atoms with van der Waals surface area (Å²) in [7, 11) is 1.74. The van der Waals surface area contributed by atoms with Gasteiger partial charge in [0, 0.05) is 26.8 Å². The van der Waals surface area contributed by atoms with Gasteiger partial charge in [-0.05, 0) is 56.8 Å². The second kappa shape index (κ2) is 9.97. The molecule has 0 fully saturated rings. The van der Waals surface area contributed by atoms with Crippen LogP contribution in [-0.4, -0.2) is 41.8 Å². The lowest BCUT2D eigenvalue weighted by Crippen LogP contribution is -2.36. The predicted molar refractivity (Wildman–Crippen MR) is 126 cm³/mol. The number of anilines is 2. The first kappa shape index (κ1) is 22.1. The maximum atomic E-state index is 12.4. The second-order valence-electron chi connectivity index (χ2n) is 7.06. The minimum Gasteiger partial charge on any atom is -0.325 e. The van der Waals surface area contributed by atoms with Crippen LogP contribution < -0.4 is 10.6 Å². The molecule has 0 aliphatic carbocycles. The van der Waals surface area contributed by atoms with Crippen molar-refractivity contribution in [2.75, 3.05) is 30.8 Å². The Morgan fingerprint density at radius 1 is 1.07 bits per heavy atom. The molecule has 0 aliphatic rings. The molecule has 1 heterocycles. The van der Waals surface area contributed by atoms with Crippen LogP contribution in [0.25, 0.3) is 11.3 Å². The van der Waals surface area contributed by atoms with Crippen LogP contribution in [0.3, 0.4) is 0 Å². The minimum atomic E-state index is -0.184. The molecule has 2 amide bonds. The Hall–Kier alpha value is -2.55. The fraction of sp³-hybridized carbons (Fsp3) is 0.227. The van der Waals surface area contributed by atoms with Crippen molar-refractivity contribution in [1.82, 2.24) is 9.88 Å². The molecule has 0 spiro atoms. The van der Waals surface area contributed by atoms with Crippen molar-refractivity contribution in [3.63, 3.8) is 0 Å². The lowest BCUT2D eigenvalue weighted by Gasteiger charge is -2.17. The molecule has 2 aromatic carbocycles. The van der Waals surface area contributed by atoms with Crippen molar-refractivity contribution >= 4 is 50.5 Å². The van der Waals surface area contributed by atoms with Crippen molar-refractivity contribution in [3.8, 4) is 11.3 Å². The number of rotatable bonds is 7. The molecule has 0 unspecified atom stereocenters. The molecule has 1 aromatic heterocycles. The van der Waals surface area contributed by atoms with E-state index in [1.165, 1.54) is 0 Å². The van der Waals surface area contributed by atoms with E-state index in [4.69, 9.17) is 0 Å². The van der Waals surface area contributed by atoms with E-state index >= 15 is 0 Å². The first-order valence-corrected chi connectivity index (χ1v) is 11.0. The van der Waals surface area contributed by atoms with Gasteiger partial charge in [0.2, 0.25) is 11.8 Å². The summed E-state index contributed by atoms with van der Waals surface area (Å²) in [6, 6.07) is 13.2. The van der Waals surface area contributed by atoms with Gasteiger partial charge in [0.05, 0.1) is 23.8 Å². The molecule has 156 valence electrons. The summed E-state index contributed by atoms with van der Waals surface area (Å²) in [5, 5.41) is 8.76. The van der Waals surface area contributed by atoms with E-state index in [9.17, 15) is 9.59 Å². The average Bonchev–Trinajstić information content (AvgIpc) is 3.10. The Morgan fingerprint density at radius 3 is 2.47 bits per heavy atom. The lowest BCUT2D eigenvalue weighted by molar-refractivity contribution is -0.119. The smallest absolute Gasteiger partial charge is 0.238 e. The normalized spacial score (nSPS) is 10.8. The van der Waals surface area contributed by atoms with Crippen molar-refractivity contribution in [2.45, 2.75) is 13.8 Å². The summed E-state index contributed by atoms with van der Waals surface area (Å²) >= 11 is 5.00. The summed E-state index contributed by atoms with van der Waals surface area (Å²) < 4.78 is 0.959. The standard InChI is InChI=1S/C22H23BrN4O2S/c1-14-9-17(23)7-8-19(14)26-22(29)12-27(3)11-21(28)25-18-6-4-5-16(10-18)20-13-30-15(2)24-20/h4-10,13H,11-12H2,1-3H3,(H,25,28)(H,26,29). The number of nitrogens with one attached hydrogen (secondary N) is 2. The van der Waals surface area contributed by atoms with Gasteiger partial charge in [-0.3, -0.25) is 14.5 Å². The zero-order chi connectivity index (χ0) is 21.7. The van der Waals surface area contributed by atoms with Crippen LogP contribution in [0.1, 0.15) is 10.6 Å². The average molecular weight is 487 g/mol. The Kier molecular flexibility index (Phi) is 7.36. The number of nitrogens with zero attached hydrogens (tertiary/aromatic N) is 2. The lowest BCUT2D eigenvalue weighted by atomic mass is 10.1. The maximum absolute atomic E-state index is 12.4. The first-order valence-electron chi connectivity index (χ1n) is 9.37. The zero-order valence-electron chi connectivity index (χ0n) is 17.0. The molecule has 0 saturated heterocycles. The molecule has 0 saturated carbocycles. The van der Waals surface area contributed by atoms with Crippen molar-refractivity contribution in [3.05, 3.63) is 62.9 Å². The van der Waals surface area contributed by atoms with Crippen LogP contribution in [0.5, 0.6) is 0 Å². The largest absolute Gasteiger partial charge is 0.325 e. The van der Waals surface area contributed by atoms with Gasteiger partial charge in [0.15, 0.2) is 0 Å². The number of hydrogen-bond acceptors (Lipinski definition) is 5. The van der Waals surface area contributed by atoms with Crippen LogP contribution >= 0.6 is 27.3 Å². The number of amides is 2. The number of thiazole rings is 1. The Balaban J connectivity index is 1.52. The highest BCUT2D eigenvalue weighted by Gasteiger charge is 2.13. The third-order valence-corrected chi connectivity index (χ3v) is 5.62. The number of halogens is 1. The molecule has 0 atom stereocenters. The highest BCUT2D eigenvalue weighted by molar-refractivity contribution is 9.10. The van der Waals surface area contributed by atoms with Gasteiger partial charge in [-0.25, -0.2) is 4.98 Å². The van der Waals surface area contributed by atoms with E-state index in [-0.39, 0.29) is 24.9 Å². The third-order valence-electron chi connectivity index (χ3n) is 4.35. The van der Waals surface area contributed by atoms with Crippen LogP contribution in [0.15, 0.2) is 52.3 Å². The molecule has 0 aliphatic heterocycles. The molecular weight excluding hydrogens is 464 g/mol. The molecule has 0 radical (unpaired) electrons. The molecule has 3 aromatic rings. The van der Waals surface area contributed by atoms with E-state index < -0.39 is 0 Å². The van der Waals surface area contributed by atoms with E-state index in [0.717, 1.165) is 32.0 Å². The van der Waals surface area contributed by atoms with Crippen LogP contribution in [0.4, 0.5) is 11.4 Å².